The molecule has 6 rings (SSSR count). The largest absolute Gasteiger partial charge is 0.497 e. The summed E-state index contributed by atoms with van der Waals surface area (Å²) in [6, 6.07) is 28.0. The Kier molecular flexibility index (Phi) is 16.0. The maximum absolute atomic E-state index is 14.2. The lowest BCUT2D eigenvalue weighted by Crippen LogP contribution is -2.43. The summed E-state index contributed by atoms with van der Waals surface area (Å²) in [6.45, 7) is 14.7. The van der Waals surface area contributed by atoms with Gasteiger partial charge in [0.1, 0.15) is 27.8 Å². The van der Waals surface area contributed by atoms with Crippen molar-refractivity contribution in [1.82, 2.24) is 4.98 Å². The van der Waals surface area contributed by atoms with Crippen LogP contribution in [0.1, 0.15) is 87.3 Å². The van der Waals surface area contributed by atoms with E-state index in [-0.39, 0.29) is 56.5 Å². The highest BCUT2D eigenvalue weighted by atomic mass is 35.5. The molecule has 71 heavy (non-hydrogen) atoms. The van der Waals surface area contributed by atoms with E-state index in [9.17, 15) is 36.5 Å². The number of aryl methyl sites for hydroxylation is 1. The number of carbonyl (C=O) groups is 3. The summed E-state index contributed by atoms with van der Waals surface area (Å²) < 4.78 is 72.6. The van der Waals surface area contributed by atoms with Crippen LogP contribution in [0.3, 0.4) is 0 Å². The van der Waals surface area contributed by atoms with Crippen molar-refractivity contribution < 1.29 is 45.1 Å². The minimum absolute atomic E-state index is 0.00110. The van der Waals surface area contributed by atoms with E-state index in [0.717, 1.165) is 18.2 Å². The van der Waals surface area contributed by atoms with Crippen LogP contribution in [0.25, 0.3) is 22.7 Å². The molecule has 0 saturated heterocycles. The third-order valence-corrected chi connectivity index (χ3v) is 13.4. The Morgan fingerprint density at radius 1 is 0.901 bits per heavy atom. The number of nitriles is 1. The predicted octanol–water partition coefficient (Wildman–Crippen LogP) is 11.0. The van der Waals surface area contributed by atoms with Gasteiger partial charge in [-0.3, -0.25) is 23.9 Å². The van der Waals surface area contributed by atoms with Crippen molar-refractivity contribution >= 4 is 94.9 Å². The molecule has 1 atom stereocenters. The predicted molar refractivity (Wildman–Crippen MR) is 277 cm³/mol. The Labute approximate surface area is 419 Å². The number of rotatable bonds is 18. The number of hydrogen-bond donors (Lipinski definition) is 3. The molecule has 3 N–H and O–H groups in total. The standard InChI is InChI=1S/C52H55ClN6O10S2/c1-10-25-59(38-20-15-34(32(2)26-38)27-35(30-54)49-56-43-28-36(18-24-44(43)68-49)52(6,7)31-51(3,4)5)50(62)69-47(46(60)33-16-21-39(67-8)22-17-33)48(61)55-42-29-37(19-23-40(42)53)57-71(65,66)45-14-12-11-13-41(45)58-70(9,63)64/h11-24,26-29,47,57-58H,10,25,31H2,1-9H3,(H,55,61). The number of nitrogens with zero attached hydrogens (tertiary/aromatic N) is 3. The van der Waals surface area contributed by atoms with Crippen molar-refractivity contribution in [1.29, 1.82) is 5.26 Å². The highest BCUT2D eigenvalue weighted by Crippen LogP contribution is 2.38. The lowest BCUT2D eigenvalue weighted by molar-refractivity contribution is -0.122. The van der Waals surface area contributed by atoms with E-state index in [0.29, 0.717) is 40.1 Å². The fraction of sp³-hybridized carbons (Fsp3) is 0.288. The van der Waals surface area contributed by atoms with Crippen LogP contribution in [0.5, 0.6) is 5.75 Å². The molecule has 0 aliphatic rings. The van der Waals surface area contributed by atoms with Crippen molar-refractivity contribution in [3.8, 4) is 11.8 Å². The summed E-state index contributed by atoms with van der Waals surface area (Å²) >= 11 is 6.48. The van der Waals surface area contributed by atoms with E-state index in [1.165, 1.54) is 78.7 Å². The fourth-order valence-electron chi connectivity index (χ4n) is 8.10. The van der Waals surface area contributed by atoms with E-state index in [2.05, 4.69) is 60.4 Å². The molecule has 0 aliphatic heterocycles. The molecule has 19 heteroatoms. The zero-order valence-corrected chi connectivity index (χ0v) is 43.1. The van der Waals surface area contributed by atoms with E-state index in [4.69, 9.17) is 25.5 Å². The number of carbonyl (C=O) groups excluding carboxylic acids is 3. The third kappa shape index (κ3) is 13.4. The summed E-state index contributed by atoms with van der Waals surface area (Å²) in [4.78, 5) is 48.2. The maximum atomic E-state index is 14.2. The first-order valence-electron chi connectivity index (χ1n) is 22.3. The van der Waals surface area contributed by atoms with Gasteiger partial charge >= 0.3 is 6.09 Å². The quantitative estimate of drug-likeness (QED) is 0.0415. The maximum Gasteiger partial charge on any atom is 0.415 e. The van der Waals surface area contributed by atoms with Crippen molar-refractivity contribution in [2.45, 2.75) is 77.7 Å². The molecular weight excluding hydrogens is 968 g/mol. The second-order valence-corrected chi connectivity index (χ2v) is 22.5. The lowest BCUT2D eigenvalue weighted by atomic mass is 9.72. The first-order valence-corrected chi connectivity index (χ1v) is 26.1. The Hall–Kier alpha value is -7.20. The molecule has 0 spiro atoms. The number of ketones is 1. The number of halogens is 1. The van der Waals surface area contributed by atoms with Crippen LogP contribution in [-0.2, 0) is 35.0 Å². The first kappa shape index (κ1) is 53.2. The monoisotopic (exact) mass is 1020 g/mol. The van der Waals surface area contributed by atoms with Gasteiger partial charge in [-0.1, -0.05) is 77.4 Å². The molecule has 0 fully saturated rings. The Balaban J connectivity index is 1.27. The molecule has 1 aromatic heterocycles. The van der Waals surface area contributed by atoms with Crippen LogP contribution in [0.15, 0.2) is 112 Å². The van der Waals surface area contributed by atoms with Crippen LogP contribution in [0.2, 0.25) is 5.02 Å². The highest BCUT2D eigenvalue weighted by Gasteiger charge is 2.35. The van der Waals surface area contributed by atoms with Crippen LogP contribution in [-0.4, -0.2) is 65.6 Å². The van der Waals surface area contributed by atoms with Crippen molar-refractivity contribution in [3.63, 3.8) is 0 Å². The average Bonchev–Trinajstić information content (AvgIpc) is 3.73. The van der Waals surface area contributed by atoms with Gasteiger partial charge < -0.3 is 19.2 Å². The van der Waals surface area contributed by atoms with E-state index < -0.39 is 48.8 Å². The Morgan fingerprint density at radius 2 is 1.61 bits per heavy atom. The average molecular weight is 1020 g/mol. The molecule has 2 amide bonds. The number of allylic oxidation sites excluding steroid dienone is 1. The molecule has 1 heterocycles. The van der Waals surface area contributed by atoms with Gasteiger partial charge in [-0.05, 0) is 132 Å². The number of hydrogen-bond acceptors (Lipinski definition) is 12. The number of oxazole rings is 1. The lowest BCUT2D eigenvalue weighted by Gasteiger charge is -2.32. The van der Waals surface area contributed by atoms with Crippen LogP contribution < -0.4 is 24.4 Å². The molecule has 0 saturated carbocycles. The molecule has 0 aliphatic carbocycles. The highest BCUT2D eigenvalue weighted by molar-refractivity contribution is 7.93. The number of nitrogens with one attached hydrogen (secondary N) is 3. The van der Waals surface area contributed by atoms with Gasteiger partial charge in [0.2, 0.25) is 27.8 Å². The van der Waals surface area contributed by atoms with Gasteiger partial charge in [0, 0.05) is 17.8 Å². The molecule has 0 bridgehead atoms. The number of Topliss-reactive ketones (excluding diaryl/α,β-unsaturated/α-hetero) is 1. The summed E-state index contributed by atoms with van der Waals surface area (Å²) in [7, 11) is -6.86. The van der Waals surface area contributed by atoms with Crippen LogP contribution >= 0.6 is 11.6 Å². The number of aromatic nitrogens is 1. The summed E-state index contributed by atoms with van der Waals surface area (Å²) in [5.74, 6) is -1.45. The summed E-state index contributed by atoms with van der Waals surface area (Å²) in [5, 5.41) is 12.7. The number of ether oxygens (including phenoxy) is 2. The van der Waals surface area contributed by atoms with E-state index in [1.54, 1.807) is 31.2 Å². The minimum Gasteiger partial charge on any atom is -0.497 e. The smallest absolute Gasteiger partial charge is 0.415 e. The van der Waals surface area contributed by atoms with Crippen molar-refractivity contribution in [3.05, 3.63) is 136 Å². The molecule has 6 aromatic rings. The summed E-state index contributed by atoms with van der Waals surface area (Å²) in [6.07, 6.45) is 0.761. The van der Waals surface area contributed by atoms with Gasteiger partial charge in [-0.25, -0.2) is 26.6 Å². The second-order valence-electron chi connectivity index (χ2n) is 18.7. The van der Waals surface area contributed by atoms with Gasteiger partial charge in [-0.2, -0.15) is 5.26 Å². The number of anilines is 4. The minimum atomic E-state index is -4.44. The zero-order chi connectivity index (χ0) is 52.1. The van der Waals surface area contributed by atoms with Gasteiger partial charge in [0.15, 0.2) is 5.58 Å². The topological polar surface area (TPSA) is 227 Å². The number of para-hydroxylation sites is 1. The van der Waals surface area contributed by atoms with E-state index >= 15 is 0 Å². The normalized spacial score (nSPS) is 12.7. The molecule has 0 radical (unpaired) electrons. The third-order valence-electron chi connectivity index (χ3n) is 11.0. The fourth-order valence-corrected chi connectivity index (χ4v) is 10.1. The van der Waals surface area contributed by atoms with Crippen molar-refractivity contribution in [2.24, 2.45) is 5.41 Å². The number of sulfonamides is 2. The molecule has 16 nitrogen and oxygen atoms in total. The Morgan fingerprint density at radius 3 is 2.24 bits per heavy atom. The molecule has 1 unspecified atom stereocenters. The van der Waals surface area contributed by atoms with Gasteiger partial charge in [0.05, 0.1) is 35.5 Å². The zero-order valence-electron chi connectivity index (χ0n) is 40.7. The molecular formula is C52H55ClN6O10S2. The summed E-state index contributed by atoms with van der Waals surface area (Å²) in [5.41, 5.74) is 3.61. The number of fused-ring (bicyclic) bond motifs is 1. The van der Waals surface area contributed by atoms with Gasteiger partial charge in [0.25, 0.3) is 15.9 Å². The molecule has 372 valence electrons. The second kappa shape index (κ2) is 21.4. The molecule has 5 aromatic carbocycles. The SMILES string of the molecule is CCCN(C(=O)OC(C(=O)Nc1cc(NS(=O)(=O)c2ccccc2NS(C)(=O)=O)ccc1Cl)C(=O)c1ccc(OC)cc1)c1ccc(C=C(C#N)c2nc3cc(C(C)(C)CC(C)(C)C)ccc3o2)c(C)c1. The van der Waals surface area contributed by atoms with Crippen LogP contribution in [0, 0.1) is 23.7 Å². The van der Waals surface area contributed by atoms with Gasteiger partial charge in [-0.15, -0.1) is 0 Å². The van der Waals surface area contributed by atoms with E-state index in [1.807, 2.05) is 25.1 Å². The Bertz CT molecular complexity index is 3300. The number of methoxy groups -OCH3 is 1. The number of amides is 2. The van der Waals surface area contributed by atoms with Crippen molar-refractivity contribution in [2.75, 3.05) is 39.6 Å². The number of benzene rings is 5. The van der Waals surface area contributed by atoms with Crippen LogP contribution in [0.4, 0.5) is 27.5 Å². The first-order chi connectivity index (χ1) is 33.3.